The molecule has 1 N–H and O–H groups in total. The van der Waals surface area contributed by atoms with E-state index in [1.165, 1.54) is 0 Å². The summed E-state index contributed by atoms with van der Waals surface area (Å²) < 4.78 is 25.1. The van der Waals surface area contributed by atoms with E-state index in [9.17, 15) is 8.78 Å². The zero-order valence-corrected chi connectivity index (χ0v) is 7.06. The molecule has 0 aliphatic heterocycles. The standard InChI is InChI=1S/C7H11F2N3/c1-3-4-5-10-6(12-11-5)7(2,8)9/h3-4H2,1-2H3,(H,10,11,12). The highest BCUT2D eigenvalue weighted by molar-refractivity contribution is 4.96. The molecule has 0 aliphatic rings. The Morgan fingerprint density at radius 3 is 2.58 bits per heavy atom. The van der Waals surface area contributed by atoms with Gasteiger partial charge >= 0.3 is 5.92 Å². The topological polar surface area (TPSA) is 41.6 Å². The van der Waals surface area contributed by atoms with Crippen LogP contribution >= 0.6 is 0 Å². The van der Waals surface area contributed by atoms with Gasteiger partial charge in [-0.2, -0.15) is 13.9 Å². The van der Waals surface area contributed by atoms with Gasteiger partial charge in [0.05, 0.1) is 0 Å². The number of aryl methyl sites for hydroxylation is 1. The minimum atomic E-state index is -2.94. The number of rotatable bonds is 3. The van der Waals surface area contributed by atoms with E-state index in [2.05, 4.69) is 15.2 Å². The molecule has 1 rings (SSSR count). The fraction of sp³-hybridized carbons (Fsp3) is 0.714. The first kappa shape index (κ1) is 9.09. The molecule has 1 aromatic heterocycles. The highest BCUT2D eigenvalue weighted by atomic mass is 19.3. The van der Waals surface area contributed by atoms with Crippen LogP contribution in [0.25, 0.3) is 0 Å². The van der Waals surface area contributed by atoms with Gasteiger partial charge in [-0.05, 0) is 6.42 Å². The summed E-state index contributed by atoms with van der Waals surface area (Å²) in [5.74, 6) is -2.84. The van der Waals surface area contributed by atoms with Crippen molar-refractivity contribution in [2.24, 2.45) is 0 Å². The first-order chi connectivity index (χ1) is 5.54. The molecule has 0 spiro atoms. The van der Waals surface area contributed by atoms with Gasteiger partial charge in [-0.3, -0.25) is 5.10 Å². The highest BCUT2D eigenvalue weighted by Crippen LogP contribution is 2.22. The Kier molecular flexibility index (Phi) is 2.40. The van der Waals surface area contributed by atoms with E-state index in [4.69, 9.17) is 0 Å². The van der Waals surface area contributed by atoms with Crippen molar-refractivity contribution in [2.75, 3.05) is 0 Å². The van der Waals surface area contributed by atoms with E-state index in [0.717, 1.165) is 13.3 Å². The Hall–Kier alpha value is -1.00. The summed E-state index contributed by atoms with van der Waals surface area (Å²) in [5, 5.41) is 5.89. The smallest absolute Gasteiger partial charge is 0.263 e. The first-order valence-electron chi connectivity index (χ1n) is 3.83. The summed E-state index contributed by atoms with van der Waals surface area (Å²) in [7, 11) is 0. The summed E-state index contributed by atoms with van der Waals surface area (Å²) >= 11 is 0. The van der Waals surface area contributed by atoms with Crippen molar-refractivity contribution in [3.05, 3.63) is 11.6 Å². The second-order valence-corrected chi connectivity index (χ2v) is 2.74. The van der Waals surface area contributed by atoms with Gasteiger partial charge in [-0.1, -0.05) is 6.92 Å². The summed E-state index contributed by atoms with van der Waals surface area (Å²) in [4.78, 5) is 3.65. The molecular weight excluding hydrogens is 164 g/mol. The maximum absolute atomic E-state index is 12.6. The Bertz CT molecular complexity index is 251. The SMILES string of the molecule is CCCc1nc(C(C)(F)F)n[nH]1. The second kappa shape index (κ2) is 3.16. The second-order valence-electron chi connectivity index (χ2n) is 2.74. The van der Waals surface area contributed by atoms with Gasteiger partial charge in [0.25, 0.3) is 0 Å². The minimum absolute atomic E-state index is 0.425. The van der Waals surface area contributed by atoms with Gasteiger partial charge < -0.3 is 0 Å². The van der Waals surface area contributed by atoms with E-state index < -0.39 is 11.7 Å². The average molecular weight is 175 g/mol. The quantitative estimate of drug-likeness (QED) is 0.761. The van der Waals surface area contributed by atoms with Crippen molar-refractivity contribution < 1.29 is 8.78 Å². The molecule has 0 saturated heterocycles. The van der Waals surface area contributed by atoms with Crippen LogP contribution in [0.15, 0.2) is 0 Å². The number of alkyl halides is 2. The molecule has 5 heteroatoms. The average Bonchev–Trinajstić information content (AvgIpc) is 2.35. The van der Waals surface area contributed by atoms with Gasteiger partial charge in [-0.25, -0.2) is 4.98 Å². The van der Waals surface area contributed by atoms with Crippen molar-refractivity contribution in [2.45, 2.75) is 32.6 Å². The lowest BCUT2D eigenvalue weighted by atomic mass is 10.3. The Morgan fingerprint density at radius 2 is 2.17 bits per heavy atom. The van der Waals surface area contributed by atoms with Crippen LogP contribution in [0.3, 0.4) is 0 Å². The molecule has 1 aromatic rings. The molecule has 0 fully saturated rings. The number of halogens is 2. The van der Waals surface area contributed by atoms with Crippen molar-refractivity contribution in [3.8, 4) is 0 Å². The molecule has 3 nitrogen and oxygen atoms in total. The zero-order valence-electron chi connectivity index (χ0n) is 7.06. The van der Waals surface area contributed by atoms with Crippen LogP contribution in [0.2, 0.25) is 0 Å². The van der Waals surface area contributed by atoms with E-state index in [0.29, 0.717) is 12.2 Å². The molecule has 68 valence electrons. The molecule has 0 amide bonds. The molecule has 0 bridgehead atoms. The predicted molar refractivity (Wildman–Crippen MR) is 39.9 cm³/mol. The van der Waals surface area contributed by atoms with E-state index in [1.807, 2.05) is 6.92 Å². The number of aromatic amines is 1. The van der Waals surface area contributed by atoms with Crippen LogP contribution in [0.4, 0.5) is 8.78 Å². The van der Waals surface area contributed by atoms with E-state index in [1.54, 1.807) is 0 Å². The fourth-order valence-electron chi connectivity index (χ4n) is 0.840. The van der Waals surface area contributed by atoms with Crippen LogP contribution < -0.4 is 0 Å². The fourth-order valence-corrected chi connectivity index (χ4v) is 0.840. The number of nitrogens with one attached hydrogen (secondary N) is 1. The third kappa shape index (κ3) is 1.99. The van der Waals surface area contributed by atoms with E-state index >= 15 is 0 Å². The first-order valence-corrected chi connectivity index (χ1v) is 3.83. The van der Waals surface area contributed by atoms with Crippen molar-refractivity contribution >= 4 is 0 Å². The summed E-state index contributed by atoms with van der Waals surface area (Å²) in [6.45, 7) is 2.73. The largest absolute Gasteiger partial charge is 0.305 e. The summed E-state index contributed by atoms with van der Waals surface area (Å²) in [5.41, 5.74) is 0. The van der Waals surface area contributed by atoms with Gasteiger partial charge in [0, 0.05) is 13.3 Å². The lowest BCUT2D eigenvalue weighted by Crippen LogP contribution is -2.09. The van der Waals surface area contributed by atoms with Gasteiger partial charge in [0.1, 0.15) is 5.82 Å². The monoisotopic (exact) mass is 175 g/mol. The summed E-state index contributed by atoms with van der Waals surface area (Å²) in [6, 6.07) is 0. The van der Waals surface area contributed by atoms with Crippen LogP contribution in [0.5, 0.6) is 0 Å². The van der Waals surface area contributed by atoms with E-state index in [-0.39, 0.29) is 0 Å². The van der Waals surface area contributed by atoms with Crippen LogP contribution in [0.1, 0.15) is 31.9 Å². The summed E-state index contributed by atoms with van der Waals surface area (Å²) in [6.07, 6.45) is 1.52. The number of hydrogen-bond acceptors (Lipinski definition) is 2. The predicted octanol–water partition coefficient (Wildman–Crippen LogP) is 1.87. The number of nitrogens with zero attached hydrogens (tertiary/aromatic N) is 2. The van der Waals surface area contributed by atoms with Crippen LogP contribution in [-0.2, 0) is 12.3 Å². The third-order valence-electron chi connectivity index (χ3n) is 1.41. The van der Waals surface area contributed by atoms with Crippen LogP contribution in [0, 0.1) is 0 Å². The highest BCUT2D eigenvalue weighted by Gasteiger charge is 2.29. The normalized spacial score (nSPS) is 12.0. The zero-order chi connectivity index (χ0) is 9.19. The van der Waals surface area contributed by atoms with Gasteiger partial charge in [0.15, 0.2) is 0 Å². The third-order valence-corrected chi connectivity index (χ3v) is 1.41. The molecule has 0 aromatic carbocycles. The van der Waals surface area contributed by atoms with Crippen molar-refractivity contribution in [1.82, 2.24) is 15.2 Å². The molecule has 0 atom stereocenters. The molecule has 0 aliphatic carbocycles. The molecular formula is C7H11F2N3. The number of aromatic nitrogens is 3. The molecule has 0 saturated carbocycles. The lowest BCUT2D eigenvalue weighted by molar-refractivity contribution is 0.00802. The molecule has 12 heavy (non-hydrogen) atoms. The molecule has 1 heterocycles. The van der Waals surface area contributed by atoms with Gasteiger partial charge in [0.2, 0.25) is 5.82 Å². The Balaban J connectivity index is 2.77. The number of H-pyrrole nitrogens is 1. The van der Waals surface area contributed by atoms with Gasteiger partial charge in [-0.15, -0.1) is 0 Å². The van der Waals surface area contributed by atoms with Crippen LogP contribution in [-0.4, -0.2) is 15.2 Å². The Morgan fingerprint density at radius 1 is 1.50 bits per heavy atom. The van der Waals surface area contributed by atoms with Crippen molar-refractivity contribution in [1.29, 1.82) is 0 Å². The van der Waals surface area contributed by atoms with Crippen molar-refractivity contribution in [3.63, 3.8) is 0 Å². The maximum Gasteiger partial charge on any atom is 0.305 e. The number of hydrogen-bond donors (Lipinski definition) is 1. The Labute approximate surface area is 69.2 Å². The minimum Gasteiger partial charge on any atom is -0.263 e. The molecule has 0 unspecified atom stereocenters. The molecule has 0 radical (unpaired) electrons. The maximum atomic E-state index is 12.6. The lowest BCUT2D eigenvalue weighted by Gasteiger charge is -2.02.